The van der Waals surface area contributed by atoms with Crippen LogP contribution in [-0.2, 0) is 23.2 Å². The number of carbonyl (C=O) groups is 1. The van der Waals surface area contributed by atoms with Crippen molar-refractivity contribution < 1.29 is 9.90 Å². The van der Waals surface area contributed by atoms with Crippen molar-refractivity contribution in [2.45, 2.75) is 68.9 Å². The van der Waals surface area contributed by atoms with Crippen molar-refractivity contribution >= 4 is 17.5 Å². The van der Waals surface area contributed by atoms with Crippen LogP contribution in [0.25, 0.3) is 0 Å². The van der Waals surface area contributed by atoms with Gasteiger partial charge in [-0.25, -0.2) is 4.98 Å². The number of amides is 1. The summed E-state index contributed by atoms with van der Waals surface area (Å²) in [6.07, 6.45) is 6.22. The Kier molecular flexibility index (Phi) is 5.97. The first kappa shape index (κ1) is 23.4. The number of fused-ring (bicyclic) bond motifs is 1. The molecule has 1 amide bonds. The Balaban J connectivity index is 1.25. The predicted molar refractivity (Wildman–Crippen MR) is 138 cm³/mol. The molecule has 1 atom stereocenters. The number of aromatic amines is 1. The molecule has 2 fully saturated rings. The third-order valence-electron chi connectivity index (χ3n) is 8.25. The molecule has 2 aliphatic carbocycles. The molecule has 36 heavy (non-hydrogen) atoms. The van der Waals surface area contributed by atoms with Gasteiger partial charge in [0, 0.05) is 18.0 Å². The quantitative estimate of drug-likeness (QED) is 0.524. The number of benzene rings is 2. The number of aliphatic hydroxyl groups is 1. The van der Waals surface area contributed by atoms with Gasteiger partial charge < -0.3 is 15.0 Å². The Morgan fingerprint density at radius 2 is 1.92 bits per heavy atom. The van der Waals surface area contributed by atoms with Crippen molar-refractivity contribution in [3.63, 3.8) is 0 Å². The van der Waals surface area contributed by atoms with Crippen molar-refractivity contribution in [3.05, 3.63) is 97.7 Å². The summed E-state index contributed by atoms with van der Waals surface area (Å²) in [5, 5.41) is 11.1. The molecule has 0 spiro atoms. The fraction of sp³-hybridized carbons (Fsp3) is 0.414. The SMILES string of the molecule is O=C([C@H](O)c1cccc(Cl)c1)N1CCc2nc(C3(c4cccc(C5CCCC5)c4)CC3)[nH]c(=O)c2C1. The highest BCUT2D eigenvalue weighted by Crippen LogP contribution is 2.52. The summed E-state index contributed by atoms with van der Waals surface area (Å²) in [5.41, 5.74) is 3.94. The minimum absolute atomic E-state index is 0.137. The molecule has 186 valence electrons. The molecular formula is C29H30ClN3O3. The summed E-state index contributed by atoms with van der Waals surface area (Å²) in [6, 6.07) is 15.5. The van der Waals surface area contributed by atoms with Gasteiger partial charge in [0.25, 0.3) is 11.5 Å². The second-order valence-electron chi connectivity index (χ2n) is 10.5. The predicted octanol–water partition coefficient (Wildman–Crippen LogP) is 4.78. The Morgan fingerprint density at radius 3 is 2.67 bits per heavy atom. The van der Waals surface area contributed by atoms with Crippen molar-refractivity contribution in [2.75, 3.05) is 6.54 Å². The van der Waals surface area contributed by atoms with Gasteiger partial charge in [-0.3, -0.25) is 9.59 Å². The average Bonchev–Trinajstić information content (AvgIpc) is 3.53. The van der Waals surface area contributed by atoms with Crippen LogP contribution in [0.3, 0.4) is 0 Å². The second kappa shape index (κ2) is 9.16. The number of hydrogen-bond donors (Lipinski definition) is 2. The first-order valence-corrected chi connectivity index (χ1v) is 13.3. The monoisotopic (exact) mass is 503 g/mol. The molecule has 2 saturated carbocycles. The number of carbonyl (C=O) groups excluding carboxylic acids is 1. The fourth-order valence-corrected chi connectivity index (χ4v) is 6.17. The minimum atomic E-state index is -1.32. The summed E-state index contributed by atoms with van der Waals surface area (Å²) in [4.78, 5) is 35.7. The van der Waals surface area contributed by atoms with E-state index in [4.69, 9.17) is 16.6 Å². The Morgan fingerprint density at radius 1 is 1.14 bits per heavy atom. The highest BCUT2D eigenvalue weighted by Gasteiger charge is 2.49. The number of rotatable bonds is 5. The van der Waals surface area contributed by atoms with Gasteiger partial charge in [0.1, 0.15) is 5.82 Å². The maximum atomic E-state index is 13.2. The van der Waals surface area contributed by atoms with Gasteiger partial charge in [-0.15, -0.1) is 0 Å². The van der Waals surface area contributed by atoms with Crippen LogP contribution >= 0.6 is 11.6 Å². The Hall–Kier alpha value is -2.96. The summed E-state index contributed by atoms with van der Waals surface area (Å²) in [6.45, 7) is 0.544. The third-order valence-corrected chi connectivity index (χ3v) is 8.48. The molecule has 7 heteroatoms. The summed E-state index contributed by atoms with van der Waals surface area (Å²) in [7, 11) is 0. The standard InChI is InChI=1S/C29H30ClN3O3/c30-22-10-4-8-20(16-22)25(34)27(36)33-14-11-24-23(17-33)26(35)32-28(31-24)29(12-13-29)21-9-3-7-19(15-21)18-5-1-2-6-18/h3-4,7-10,15-16,18,25,34H,1-2,5-6,11-14,17H2,(H,31,32,35)/t25-/m1/s1. The van der Waals surface area contributed by atoms with E-state index in [1.165, 1.54) is 41.7 Å². The van der Waals surface area contributed by atoms with E-state index >= 15 is 0 Å². The zero-order valence-electron chi connectivity index (χ0n) is 20.2. The van der Waals surface area contributed by atoms with Gasteiger partial charge in [0.2, 0.25) is 0 Å². The zero-order chi connectivity index (χ0) is 24.9. The smallest absolute Gasteiger partial charge is 0.256 e. The van der Waals surface area contributed by atoms with Crippen LogP contribution in [0.4, 0.5) is 0 Å². The number of aliphatic hydroxyl groups excluding tert-OH is 1. The number of aromatic nitrogens is 2. The topological polar surface area (TPSA) is 86.3 Å². The molecule has 0 bridgehead atoms. The van der Waals surface area contributed by atoms with E-state index in [-0.39, 0.29) is 17.5 Å². The Bertz CT molecular complexity index is 1370. The highest BCUT2D eigenvalue weighted by atomic mass is 35.5. The maximum absolute atomic E-state index is 13.2. The molecule has 1 aliphatic heterocycles. The van der Waals surface area contributed by atoms with Crippen molar-refractivity contribution in [2.24, 2.45) is 0 Å². The fourth-order valence-electron chi connectivity index (χ4n) is 5.97. The van der Waals surface area contributed by atoms with Crippen LogP contribution in [0, 0.1) is 0 Å². The number of halogens is 1. The molecular weight excluding hydrogens is 474 g/mol. The van der Waals surface area contributed by atoms with Gasteiger partial charge in [-0.2, -0.15) is 0 Å². The van der Waals surface area contributed by atoms with E-state index in [0.717, 1.165) is 24.4 Å². The summed E-state index contributed by atoms with van der Waals surface area (Å²) < 4.78 is 0. The number of H-pyrrole nitrogens is 1. The van der Waals surface area contributed by atoms with Crippen molar-refractivity contribution in [1.82, 2.24) is 14.9 Å². The molecule has 0 unspecified atom stereocenters. The van der Waals surface area contributed by atoms with Gasteiger partial charge in [0.15, 0.2) is 6.10 Å². The number of nitrogens with one attached hydrogen (secondary N) is 1. The van der Waals surface area contributed by atoms with Crippen molar-refractivity contribution in [1.29, 1.82) is 0 Å². The lowest BCUT2D eigenvalue weighted by atomic mass is 9.89. The van der Waals surface area contributed by atoms with Crippen LogP contribution in [0.1, 0.15) is 84.3 Å². The van der Waals surface area contributed by atoms with Crippen LogP contribution in [-0.4, -0.2) is 32.4 Å². The normalized spacial score (nSPS) is 19.7. The van der Waals surface area contributed by atoms with Crippen LogP contribution in [0.2, 0.25) is 5.02 Å². The molecule has 3 aromatic rings. The van der Waals surface area contributed by atoms with Gasteiger partial charge >= 0.3 is 0 Å². The van der Waals surface area contributed by atoms with E-state index in [9.17, 15) is 14.7 Å². The molecule has 2 N–H and O–H groups in total. The first-order valence-electron chi connectivity index (χ1n) is 12.9. The van der Waals surface area contributed by atoms with Gasteiger partial charge in [-0.05, 0) is 60.4 Å². The first-order chi connectivity index (χ1) is 17.4. The summed E-state index contributed by atoms with van der Waals surface area (Å²) >= 11 is 6.02. The van der Waals surface area contributed by atoms with Gasteiger partial charge in [0.05, 0.1) is 23.2 Å². The molecule has 0 saturated heterocycles. The van der Waals surface area contributed by atoms with Crippen LogP contribution in [0.5, 0.6) is 0 Å². The van der Waals surface area contributed by atoms with Crippen LogP contribution in [0.15, 0.2) is 53.3 Å². The van der Waals surface area contributed by atoms with E-state index in [2.05, 4.69) is 29.2 Å². The van der Waals surface area contributed by atoms with E-state index in [1.807, 2.05) is 0 Å². The Labute approximate surface area is 215 Å². The molecule has 0 radical (unpaired) electrons. The highest BCUT2D eigenvalue weighted by molar-refractivity contribution is 6.30. The molecule has 2 heterocycles. The van der Waals surface area contributed by atoms with Crippen molar-refractivity contribution in [3.8, 4) is 0 Å². The molecule has 1 aromatic heterocycles. The average molecular weight is 504 g/mol. The molecule has 2 aromatic carbocycles. The van der Waals surface area contributed by atoms with E-state index in [0.29, 0.717) is 35.0 Å². The molecule has 6 rings (SSSR count). The number of nitrogens with zero attached hydrogens (tertiary/aromatic N) is 2. The van der Waals surface area contributed by atoms with Crippen LogP contribution < -0.4 is 5.56 Å². The lowest BCUT2D eigenvalue weighted by Crippen LogP contribution is -2.42. The van der Waals surface area contributed by atoms with E-state index in [1.54, 1.807) is 24.3 Å². The lowest BCUT2D eigenvalue weighted by Gasteiger charge is -2.30. The zero-order valence-corrected chi connectivity index (χ0v) is 20.9. The van der Waals surface area contributed by atoms with E-state index < -0.39 is 12.0 Å². The number of hydrogen-bond acceptors (Lipinski definition) is 4. The molecule has 3 aliphatic rings. The molecule has 6 nitrogen and oxygen atoms in total. The largest absolute Gasteiger partial charge is 0.378 e. The summed E-state index contributed by atoms with van der Waals surface area (Å²) in [5.74, 6) is 0.949. The maximum Gasteiger partial charge on any atom is 0.256 e. The lowest BCUT2D eigenvalue weighted by molar-refractivity contribution is -0.141. The van der Waals surface area contributed by atoms with Gasteiger partial charge in [-0.1, -0.05) is 60.8 Å². The minimum Gasteiger partial charge on any atom is -0.378 e. The third kappa shape index (κ3) is 4.16. The second-order valence-corrected chi connectivity index (χ2v) is 10.9.